The number of anilines is 2. The summed E-state index contributed by atoms with van der Waals surface area (Å²) in [5.74, 6) is -1.62. The van der Waals surface area contributed by atoms with E-state index in [-0.39, 0.29) is 6.04 Å². The number of hydrogen-bond donors (Lipinski definition) is 1. The predicted octanol–water partition coefficient (Wildman–Crippen LogP) is 3.46. The van der Waals surface area contributed by atoms with Gasteiger partial charge in [-0.3, -0.25) is 0 Å². The molecule has 1 atom stereocenters. The van der Waals surface area contributed by atoms with Crippen LogP contribution in [0.5, 0.6) is 0 Å². The molecular weight excluding hydrogens is 258 g/mol. The minimum absolute atomic E-state index is 0.252. The second kappa shape index (κ2) is 5.59. The summed E-state index contributed by atoms with van der Waals surface area (Å²) in [5, 5.41) is 3.31. The number of para-hydroxylation sites is 1. The average Bonchev–Trinajstić information content (AvgIpc) is 2.98. The Hall–Kier alpha value is -1.94. The molecule has 0 amide bonds. The molecule has 0 aliphatic carbocycles. The lowest BCUT2D eigenvalue weighted by Gasteiger charge is -2.31. The Bertz CT molecular complexity index is 580. The maximum Gasteiger partial charge on any atom is 0.160 e. The first-order chi connectivity index (χ1) is 9.75. The number of nitrogens with one attached hydrogen (secondary N) is 1. The molecule has 0 unspecified atom stereocenters. The quantitative estimate of drug-likeness (QED) is 0.922. The minimum atomic E-state index is -0.814. The van der Waals surface area contributed by atoms with Gasteiger partial charge in [0.05, 0.1) is 0 Å². The monoisotopic (exact) mass is 274 g/mol. The lowest BCUT2D eigenvalue weighted by Crippen LogP contribution is -2.33. The molecule has 2 aromatic rings. The van der Waals surface area contributed by atoms with Gasteiger partial charge in [-0.2, -0.15) is 0 Å². The first-order valence-corrected chi connectivity index (χ1v) is 6.76. The van der Waals surface area contributed by atoms with E-state index in [1.807, 2.05) is 30.3 Å². The Morgan fingerprint density at radius 3 is 2.40 bits per heavy atom. The number of halogens is 2. The normalized spacial score (nSPS) is 18.2. The molecule has 1 aliphatic heterocycles. The maximum absolute atomic E-state index is 13.5. The van der Waals surface area contributed by atoms with Crippen molar-refractivity contribution in [1.82, 2.24) is 5.32 Å². The highest BCUT2D eigenvalue weighted by Crippen LogP contribution is 2.30. The summed E-state index contributed by atoms with van der Waals surface area (Å²) >= 11 is 0. The standard InChI is InChI=1S/C16H16F2N2/c17-15-7-6-13(10-16(15)18)20(14-8-9-19-11-14)12-4-2-1-3-5-12/h1-7,10,14,19H,8-9,11H2/t14-/m0/s1. The summed E-state index contributed by atoms with van der Waals surface area (Å²) in [4.78, 5) is 2.07. The molecule has 3 rings (SSSR count). The largest absolute Gasteiger partial charge is 0.337 e. The fourth-order valence-electron chi connectivity index (χ4n) is 2.65. The Morgan fingerprint density at radius 2 is 1.75 bits per heavy atom. The molecule has 0 bridgehead atoms. The van der Waals surface area contributed by atoms with Gasteiger partial charge in [-0.15, -0.1) is 0 Å². The summed E-state index contributed by atoms with van der Waals surface area (Å²) in [6.45, 7) is 1.78. The zero-order valence-corrected chi connectivity index (χ0v) is 11.0. The zero-order chi connectivity index (χ0) is 13.9. The van der Waals surface area contributed by atoms with Gasteiger partial charge in [0.25, 0.3) is 0 Å². The van der Waals surface area contributed by atoms with E-state index in [2.05, 4.69) is 10.2 Å². The van der Waals surface area contributed by atoms with Crippen LogP contribution < -0.4 is 10.2 Å². The van der Waals surface area contributed by atoms with Crippen LogP contribution in [0.4, 0.5) is 20.2 Å². The predicted molar refractivity (Wildman–Crippen MR) is 76.2 cm³/mol. The molecule has 0 saturated carbocycles. The van der Waals surface area contributed by atoms with Crippen LogP contribution in [0.15, 0.2) is 48.5 Å². The molecule has 1 N–H and O–H groups in total. The van der Waals surface area contributed by atoms with Crippen LogP contribution in [0.1, 0.15) is 6.42 Å². The molecule has 2 nitrogen and oxygen atoms in total. The second-order valence-corrected chi connectivity index (χ2v) is 4.95. The topological polar surface area (TPSA) is 15.3 Å². The van der Waals surface area contributed by atoms with Crippen molar-refractivity contribution in [2.24, 2.45) is 0 Å². The van der Waals surface area contributed by atoms with Gasteiger partial charge in [0.1, 0.15) is 0 Å². The van der Waals surface area contributed by atoms with Crippen LogP contribution in [-0.4, -0.2) is 19.1 Å². The van der Waals surface area contributed by atoms with Gasteiger partial charge in [0, 0.05) is 30.0 Å². The smallest absolute Gasteiger partial charge is 0.160 e. The van der Waals surface area contributed by atoms with Crippen molar-refractivity contribution in [2.45, 2.75) is 12.5 Å². The molecule has 1 fully saturated rings. The highest BCUT2D eigenvalue weighted by molar-refractivity contribution is 5.64. The first-order valence-electron chi connectivity index (χ1n) is 6.76. The molecule has 0 aromatic heterocycles. The highest BCUT2D eigenvalue weighted by Gasteiger charge is 2.24. The summed E-state index contributed by atoms with van der Waals surface area (Å²) in [5.41, 5.74) is 1.68. The summed E-state index contributed by atoms with van der Waals surface area (Å²) in [6.07, 6.45) is 0.980. The Balaban J connectivity index is 2.02. The minimum Gasteiger partial charge on any atom is -0.337 e. The molecule has 0 radical (unpaired) electrons. The lowest BCUT2D eigenvalue weighted by atomic mass is 10.1. The molecule has 1 aliphatic rings. The molecule has 1 heterocycles. The molecule has 104 valence electrons. The SMILES string of the molecule is Fc1ccc(N(c2ccccc2)[C@H]2CCNC2)cc1F. The molecule has 2 aromatic carbocycles. The second-order valence-electron chi connectivity index (χ2n) is 4.95. The third-order valence-corrected chi connectivity index (χ3v) is 3.62. The van der Waals surface area contributed by atoms with Crippen molar-refractivity contribution in [3.05, 3.63) is 60.2 Å². The van der Waals surface area contributed by atoms with Crippen LogP contribution in [0.2, 0.25) is 0 Å². The number of hydrogen-bond acceptors (Lipinski definition) is 2. The molecule has 1 saturated heterocycles. The molecule has 0 spiro atoms. The molecule has 4 heteroatoms. The fourth-order valence-corrected chi connectivity index (χ4v) is 2.65. The van der Waals surface area contributed by atoms with Gasteiger partial charge in [-0.1, -0.05) is 18.2 Å². The third kappa shape index (κ3) is 2.51. The Morgan fingerprint density at radius 1 is 0.950 bits per heavy atom. The Kier molecular flexibility index (Phi) is 3.65. The number of rotatable bonds is 3. The average molecular weight is 274 g/mol. The summed E-state index contributed by atoms with van der Waals surface area (Å²) < 4.78 is 26.7. The zero-order valence-electron chi connectivity index (χ0n) is 11.0. The van der Waals surface area contributed by atoms with Crippen molar-refractivity contribution in [3.63, 3.8) is 0 Å². The van der Waals surface area contributed by atoms with Crippen LogP contribution in [-0.2, 0) is 0 Å². The van der Waals surface area contributed by atoms with Gasteiger partial charge in [-0.25, -0.2) is 8.78 Å². The van der Waals surface area contributed by atoms with Crippen LogP contribution in [0.25, 0.3) is 0 Å². The van der Waals surface area contributed by atoms with Gasteiger partial charge < -0.3 is 10.2 Å². The third-order valence-electron chi connectivity index (χ3n) is 3.62. The van der Waals surface area contributed by atoms with Crippen molar-refractivity contribution in [2.75, 3.05) is 18.0 Å². The van der Waals surface area contributed by atoms with E-state index in [1.165, 1.54) is 12.1 Å². The number of benzene rings is 2. The van der Waals surface area contributed by atoms with Crippen molar-refractivity contribution < 1.29 is 8.78 Å². The molecular formula is C16H16F2N2. The van der Waals surface area contributed by atoms with Crippen LogP contribution in [0, 0.1) is 11.6 Å². The van der Waals surface area contributed by atoms with E-state index in [0.29, 0.717) is 5.69 Å². The lowest BCUT2D eigenvalue weighted by molar-refractivity contribution is 0.508. The highest BCUT2D eigenvalue weighted by atomic mass is 19.2. The Labute approximate surface area is 117 Å². The van der Waals surface area contributed by atoms with Gasteiger partial charge in [-0.05, 0) is 37.2 Å². The van der Waals surface area contributed by atoms with E-state index >= 15 is 0 Å². The van der Waals surface area contributed by atoms with E-state index in [4.69, 9.17) is 0 Å². The van der Waals surface area contributed by atoms with Gasteiger partial charge in [0.15, 0.2) is 11.6 Å². The first kappa shape index (κ1) is 13.1. The summed E-state index contributed by atoms with van der Waals surface area (Å²) in [7, 11) is 0. The van der Waals surface area contributed by atoms with Crippen molar-refractivity contribution >= 4 is 11.4 Å². The van der Waals surface area contributed by atoms with Crippen LogP contribution >= 0.6 is 0 Å². The van der Waals surface area contributed by atoms with Gasteiger partial charge >= 0.3 is 0 Å². The van der Waals surface area contributed by atoms with E-state index in [1.54, 1.807) is 6.07 Å². The van der Waals surface area contributed by atoms with E-state index in [9.17, 15) is 8.78 Å². The molecule has 20 heavy (non-hydrogen) atoms. The number of nitrogens with zero attached hydrogens (tertiary/aromatic N) is 1. The summed E-state index contributed by atoms with van der Waals surface area (Å²) in [6, 6.07) is 14.1. The maximum atomic E-state index is 13.5. The van der Waals surface area contributed by atoms with E-state index in [0.717, 1.165) is 25.2 Å². The van der Waals surface area contributed by atoms with Crippen molar-refractivity contribution in [3.8, 4) is 0 Å². The van der Waals surface area contributed by atoms with Crippen molar-refractivity contribution in [1.29, 1.82) is 0 Å². The van der Waals surface area contributed by atoms with Gasteiger partial charge in [0.2, 0.25) is 0 Å². The fraction of sp³-hybridized carbons (Fsp3) is 0.250. The van der Waals surface area contributed by atoms with E-state index < -0.39 is 11.6 Å². The van der Waals surface area contributed by atoms with Crippen LogP contribution in [0.3, 0.4) is 0 Å².